The van der Waals surface area contributed by atoms with Crippen molar-refractivity contribution < 1.29 is 14.0 Å². The maximum Gasteiger partial charge on any atom is 0.272 e. The van der Waals surface area contributed by atoms with Crippen molar-refractivity contribution in [3.63, 3.8) is 0 Å². The second kappa shape index (κ2) is 8.71. The normalized spacial score (nSPS) is 11.4. The van der Waals surface area contributed by atoms with Crippen LogP contribution in [0.25, 0.3) is 16.8 Å². The average Bonchev–Trinajstić information content (AvgIpc) is 3.28. The number of amides is 2. The summed E-state index contributed by atoms with van der Waals surface area (Å²) in [7, 11) is 0. The van der Waals surface area contributed by atoms with Crippen LogP contribution in [0.2, 0.25) is 0 Å². The van der Waals surface area contributed by atoms with Crippen LogP contribution in [0.4, 0.5) is 5.69 Å². The van der Waals surface area contributed by atoms with Gasteiger partial charge >= 0.3 is 0 Å². The van der Waals surface area contributed by atoms with E-state index in [-0.39, 0.29) is 11.6 Å². The van der Waals surface area contributed by atoms with Crippen molar-refractivity contribution in [2.75, 3.05) is 5.32 Å². The lowest BCUT2D eigenvalue weighted by molar-refractivity contribution is -0.113. The Balaban J connectivity index is 1.64. The molecule has 154 valence electrons. The fourth-order valence-corrected chi connectivity index (χ4v) is 3.28. The average molecular weight is 410 g/mol. The number of furan rings is 1. The minimum Gasteiger partial charge on any atom is -0.465 e. The van der Waals surface area contributed by atoms with Crippen LogP contribution in [-0.2, 0) is 4.79 Å². The number of hydrogen-bond donors (Lipinski definition) is 2. The number of carbonyl (C=O) groups is 2. The van der Waals surface area contributed by atoms with Crippen molar-refractivity contribution in [2.45, 2.75) is 13.8 Å². The number of benzene rings is 3. The van der Waals surface area contributed by atoms with Crippen molar-refractivity contribution in [3.8, 4) is 0 Å². The standard InChI is InChI=1S/C26H22N2O3/c1-17-12-13-20(15-18(17)2)25(29)28-24(16-21-9-6-14-31-21)26(30)27-23-11-5-8-19-7-3-4-10-22(19)23/h3-16H,1-2H3,(H,27,30)(H,28,29). The number of anilines is 1. The molecule has 3 aromatic carbocycles. The van der Waals surface area contributed by atoms with Crippen LogP contribution < -0.4 is 10.6 Å². The molecule has 1 aromatic heterocycles. The summed E-state index contributed by atoms with van der Waals surface area (Å²) in [6.45, 7) is 3.93. The van der Waals surface area contributed by atoms with Gasteiger partial charge in [0.25, 0.3) is 11.8 Å². The second-order valence-electron chi connectivity index (χ2n) is 7.31. The Labute approximate surface area is 180 Å². The van der Waals surface area contributed by atoms with Gasteiger partial charge in [-0.1, -0.05) is 42.5 Å². The number of hydrogen-bond acceptors (Lipinski definition) is 3. The van der Waals surface area contributed by atoms with Gasteiger partial charge in [0.05, 0.1) is 6.26 Å². The van der Waals surface area contributed by atoms with Crippen LogP contribution >= 0.6 is 0 Å². The van der Waals surface area contributed by atoms with Gasteiger partial charge < -0.3 is 15.1 Å². The van der Waals surface area contributed by atoms with E-state index in [0.717, 1.165) is 21.9 Å². The third-order valence-corrected chi connectivity index (χ3v) is 5.13. The van der Waals surface area contributed by atoms with Crippen molar-refractivity contribution >= 4 is 34.4 Å². The molecule has 0 fully saturated rings. The van der Waals surface area contributed by atoms with Crippen LogP contribution in [0.3, 0.4) is 0 Å². The predicted molar refractivity (Wildman–Crippen MR) is 123 cm³/mol. The molecule has 5 heteroatoms. The Hall–Kier alpha value is -4.12. The van der Waals surface area contributed by atoms with Crippen LogP contribution in [0.15, 0.2) is 89.2 Å². The van der Waals surface area contributed by atoms with Gasteiger partial charge in [0.1, 0.15) is 11.5 Å². The zero-order valence-electron chi connectivity index (χ0n) is 17.3. The first kappa shape index (κ1) is 20.2. The first-order chi connectivity index (χ1) is 15.0. The molecule has 0 radical (unpaired) electrons. The number of aryl methyl sites for hydroxylation is 2. The summed E-state index contributed by atoms with van der Waals surface area (Å²) in [6.07, 6.45) is 3.02. The smallest absolute Gasteiger partial charge is 0.272 e. The highest BCUT2D eigenvalue weighted by Gasteiger charge is 2.17. The van der Waals surface area contributed by atoms with Crippen LogP contribution in [0, 0.1) is 13.8 Å². The van der Waals surface area contributed by atoms with Gasteiger partial charge in [-0.25, -0.2) is 0 Å². The molecule has 0 unspecified atom stereocenters. The topological polar surface area (TPSA) is 71.3 Å². The second-order valence-corrected chi connectivity index (χ2v) is 7.31. The quantitative estimate of drug-likeness (QED) is 0.429. The zero-order valence-corrected chi connectivity index (χ0v) is 17.3. The molecule has 0 aliphatic carbocycles. The molecule has 0 spiro atoms. The summed E-state index contributed by atoms with van der Waals surface area (Å²) in [5.41, 5.74) is 3.33. The van der Waals surface area contributed by atoms with Gasteiger partial charge in [-0.2, -0.15) is 0 Å². The number of rotatable bonds is 5. The maximum absolute atomic E-state index is 13.1. The van der Waals surface area contributed by atoms with E-state index in [1.807, 2.05) is 62.4 Å². The minimum atomic E-state index is -0.440. The summed E-state index contributed by atoms with van der Waals surface area (Å²) in [4.78, 5) is 26.0. The van der Waals surface area contributed by atoms with Crippen molar-refractivity contribution in [3.05, 3.63) is 107 Å². The van der Waals surface area contributed by atoms with Gasteiger partial charge in [0.15, 0.2) is 0 Å². The lowest BCUT2D eigenvalue weighted by atomic mass is 10.1. The number of fused-ring (bicyclic) bond motifs is 1. The first-order valence-electron chi connectivity index (χ1n) is 9.94. The molecule has 0 bridgehead atoms. The largest absolute Gasteiger partial charge is 0.465 e. The van der Waals surface area contributed by atoms with Gasteiger partial charge in [-0.15, -0.1) is 0 Å². The Bertz CT molecular complexity index is 1280. The molecule has 4 aromatic rings. The Morgan fingerprint density at radius 3 is 2.45 bits per heavy atom. The Kier molecular flexibility index (Phi) is 5.67. The molecule has 0 saturated carbocycles. The molecule has 5 nitrogen and oxygen atoms in total. The molecule has 0 saturated heterocycles. The highest BCUT2D eigenvalue weighted by Crippen LogP contribution is 2.23. The molecule has 0 atom stereocenters. The van der Waals surface area contributed by atoms with Crippen LogP contribution in [0.1, 0.15) is 27.2 Å². The van der Waals surface area contributed by atoms with Gasteiger partial charge in [0.2, 0.25) is 0 Å². The molecule has 2 amide bonds. The summed E-state index contributed by atoms with van der Waals surface area (Å²) in [5, 5.41) is 7.57. The van der Waals surface area contributed by atoms with E-state index in [1.165, 1.54) is 12.3 Å². The lowest BCUT2D eigenvalue weighted by Crippen LogP contribution is -2.30. The highest BCUT2D eigenvalue weighted by molar-refractivity contribution is 6.13. The molecular formula is C26H22N2O3. The molecular weight excluding hydrogens is 388 g/mol. The van der Waals surface area contributed by atoms with Gasteiger partial charge in [-0.05, 0) is 60.7 Å². The summed E-state index contributed by atoms with van der Waals surface area (Å²) in [6, 6.07) is 22.3. The van der Waals surface area contributed by atoms with E-state index < -0.39 is 5.91 Å². The maximum atomic E-state index is 13.1. The SMILES string of the molecule is Cc1ccc(C(=O)NC(=Cc2ccco2)C(=O)Nc2cccc3ccccc23)cc1C. The number of nitrogens with one attached hydrogen (secondary N) is 2. The highest BCUT2D eigenvalue weighted by atomic mass is 16.3. The zero-order chi connectivity index (χ0) is 21.8. The predicted octanol–water partition coefficient (Wildman–Crippen LogP) is 5.46. The minimum absolute atomic E-state index is 0.0890. The molecule has 0 aliphatic rings. The van der Waals surface area contributed by atoms with E-state index in [1.54, 1.807) is 24.3 Å². The van der Waals surface area contributed by atoms with E-state index in [0.29, 0.717) is 17.0 Å². The van der Waals surface area contributed by atoms with Gasteiger partial charge in [0, 0.05) is 22.7 Å². The van der Waals surface area contributed by atoms with E-state index in [4.69, 9.17) is 4.42 Å². The van der Waals surface area contributed by atoms with E-state index >= 15 is 0 Å². The summed E-state index contributed by atoms with van der Waals surface area (Å²) >= 11 is 0. The molecule has 1 heterocycles. The molecule has 4 rings (SSSR count). The fourth-order valence-electron chi connectivity index (χ4n) is 3.28. The first-order valence-corrected chi connectivity index (χ1v) is 9.94. The monoisotopic (exact) mass is 410 g/mol. The lowest BCUT2D eigenvalue weighted by Gasteiger charge is -2.13. The van der Waals surface area contributed by atoms with E-state index in [2.05, 4.69) is 10.6 Å². The van der Waals surface area contributed by atoms with Crippen LogP contribution in [-0.4, -0.2) is 11.8 Å². The third-order valence-electron chi connectivity index (χ3n) is 5.13. The molecule has 0 aliphatic heterocycles. The Morgan fingerprint density at radius 1 is 0.871 bits per heavy atom. The summed E-state index contributed by atoms with van der Waals surface area (Å²) in [5.74, 6) is -0.345. The van der Waals surface area contributed by atoms with Crippen molar-refractivity contribution in [1.82, 2.24) is 5.32 Å². The van der Waals surface area contributed by atoms with Gasteiger partial charge in [-0.3, -0.25) is 9.59 Å². The van der Waals surface area contributed by atoms with E-state index in [9.17, 15) is 9.59 Å². The number of carbonyl (C=O) groups excluding carboxylic acids is 2. The molecule has 31 heavy (non-hydrogen) atoms. The fraction of sp³-hybridized carbons (Fsp3) is 0.0769. The summed E-state index contributed by atoms with van der Waals surface area (Å²) < 4.78 is 5.35. The van der Waals surface area contributed by atoms with Crippen molar-refractivity contribution in [1.29, 1.82) is 0 Å². The Morgan fingerprint density at radius 2 is 1.68 bits per heavy atom. The third kappa shape index (κ3) is 4.56. The van der Waals surface area contributed by atoms with Crippen LogP contribution in [0.5, 0.6) is 0 Å². The van der Waals surface area contributed by atoms with Crippen molar-refractivity contribution in [2.24, 2.45) is 0 Å². The molecule has 2 N–H and O–H groups in total.